The van der Waals surface area contributed by atoms with Crippen LogP contribution in [0.4, 0.5) is 8.78 Å². The number of morpholine rings is 1. The minimum Gasteiger partial charge on any atom is -0.435 e. The van der Waals surface area contributed by atoms with E-state index in [1.165, 1.54) is 0 Å². The van der Waals surface area contributed by atoms with E-state index < -0.39 is 6.61 Å². The molecule has 0 aromatic heterocycles. The number of benzene rings is 1. The maximum Gasteiger partial charge on any atom is 0.387 e. The van der Waals surface area contributed by atoms with Crippen LogP contribution in [0.2, 0.25) is 0 Å². The molecule has 0 bridgehead atoms. The van der Waals surface area contributed by atoms with Crippen molar-refractivity contribution >= 4 is 0 Å². The summed E-state index contributed by atoms with van der Waals surface area (Å²) in [6.45, 7) is 3.03. The number of ether oxygens (including phenoxy) is 2. The van der Waals surface area contributed by atoms with Crippen molar-refractivity contribution in [2.75, 3.05) is 13.1 Å². The van der Waals surface area contributed by atoms with Crippen LogP contribution in [0.25, 0.3) is 0 Å². The molecular weight excluding hydrogens is 252 g/mol. The molecule has 19 heavy (non-hydrogen) atoms. The molecule has 1 fully saturated rings. The third-order valence-electron chi connectivity index (χ3n) is 3.23. The first-order chi connectivity index (χ1) is 9.06. The summed E-state index contributed by atoms with van der Waals surface area (Å²) in [5.74, 6) is 0.611. The highest BCUT2D eigenvalue weighted by atomic mass is 19.3. The van der Waals surface area contributed by atoms with Crippen molar-refractivity contribution in [3.05, 3.63) is 29.8 Å². The summed E-state index contributed by atoms with van der Waals surface area (Å²) in [5, 5.41) is 3.34. The maximum absolute atomic E-state index is 12.1. The lowest BCUT2D eigenvalue weighted by atomic mass is 10.0. The standard InChI is InChI=1S/C14H19F2NO2/c1-9(2)12-7-17-8-13(19-12)10-3-5-11(6-4-10)18-14(15)16/h3-6,9,12-14,17H,7-8H2,1-2H3. The Hall–Kier alpha value is -1.20. The Bertz CT molecular complexity index is 395. The van der Waals surface area contributed by atoms with Crippen LogP contribution in [0, 0.1) is 5.92 Å². The smallest absolute Gasteiger partial charge is 0.387 e. The number of hydrogen-bond donors (Lipinski definition) is 1. The van der Waals surface area contributed by atoms with Gasteiger partial charge in [-0.1, -0.05) is 26.0 Å². The van der Waals surface area contributed by atoms with E-state index in [0.717, 1.165) is 18.7 Å². The van der Waals surface area contributed by atoms with Crippen LogP contribution >= 0.6 is 0 Å². The third-order valence-corrected chi connectivity index (χ3v) is 3.23. The Morgan fingerprint density at radius 2 is 1.89 bits per heavy atom. The highest BCUT2D eigenvalue weighted by Gasteiger charge is 2.25. The van der Waals surface area contributed by atoms with Crippen LogP contribution in [-0.4, -0.2) is 25.8 Å². The molecule has 0 saturated carbocycles. The largest absolute Gasteiger partial charge is 0.435 e. The van der Waals surface area contributed by atoms with E-state index in [2.05, 4.69) is 23.9 Å². The molecule has 2 unspecified atom stereocenters. The first kappa shape index (κ1) is 14.2. The van der Waals surface area contributed by atoms with Gasteiger partial charge in [0.25, 0.3) is 0 Å². The summed E-state index contributed by atoms with van der Waals surface area (Å²) in [6.07, 6.45) is 0.137. The van der Waals surface area contributed by atoms with Crippen LogP contribution in [0.1, 0.15) is 25.5 Å². The van der Waals surface area contributed by atoms with E-state index in [4.69, 9.17) is 4.74 Å². The molecule has 1 aromatic rings. The van der Waals surface area contributed by atoms with Crippen LogP contribution in [0.15, 0.2) is 24.3 Å². The van der Waals surface area contributed by atoms with E-state index >= 15 is 0 Å². The molecule has 3 nitrogen and oxygen atoms in total. The Morgan fingerprint density at radius 1 is 1.21 bits per heavy atom. The first-order valence-corrected chi connectivity index (χ1v) is 6.47. The molecule has 1 aromatic carbocycles. The molecule has 1 saturated heterocycles. The molecule has 106 valence electrons. The van der Waals surface area contributed by atoms with Gasteiger partial charge in [0.15, 0.2) is 0 Å². The second kappa shape index (κ2) is 6.30. The molecule has 0 aliphatic carbocycles. The SMILES string of the molecule is CC(C)C1CNCC(c2ccc(OC(F)F)cc2)O1. The molecule has 1 aliphatic heterocycles. The minimum atomic E-state index is -2.79. The van der Waals surface area contributed by atoms with Crippen molar-refractivity contribution in [3.8, 4) is 5.75 Å². The molecular formula is C14H19F2NO2. The van der Waals surface area contributed by atoms with E-state index in [1.807, 2.05) is 0 Å². The Labute approximate surface area is 111 Å². The van der Waals surface area contributed by atoms with Gasteiger partial charge in [-0.05, 0) is 23.6 Å². The monoisotopic (exact) mass is 271 g/mol. The Balaban J connectivity index is 2.01. The van der Waals surface area contributed by atoms with Gasteiger partial charge in [-0.3, -0.25) is 0 Å². The van der Waals surface area contributed by atoms with Crippen molar-refractivity contribution in [2.24, 2.45) is 5.92 Å². The molecule has 0 radical (unpaired) electrons. The van der Waals surface area contributed by atoms with Crippen LogP contribution in [0.3, 0.4) is 0 Å². The zero-order chi connectivity index (χ0) is 13.8. The second-order valence-corrected chi connectivity index (χ2v) is 5.01. The third kappa shape index (κ3) is 3.88. The normalized spacial score (nSPS) is 23.9. The molecule has 2 rings (SSSR count). The van der Waals surface area contributed by atoms with Gasteiger partial charge in [0.1, 0.15) is 5.75 Å². The van der Waals surface area contributed by atoms with E-state index in [9.17, 15) is 8.78 Å². The van der Waals surface area contributed by atoms with Crippen LogP contribution in [0.5, 0.6) is 5.75 Å². The molecule has 5 heteroatoms. The fraction of sp³-hybridized carbons (Fsp3) is 0.571. The van der Waals surface area contributed by atoms with E-state index in [0.29, 0.717) is 5.92 Å². The quantitative estimate of drug-likeness (QED) is 0.913. The number of rotatable bonds is 4. The fourth-order valence-electron chi connectivity index (χ4n) is 2.12. The summed E-state index contributed by atoms with van der Waals surface area (Å²) in [7, 11) is 0. The van der Waals surface area contributed by atoms with Gasteiger partial charge in [-0.15, -0.1) is 0 Å². The van der Waals surface area contributed by atoms with E-state index in [-0.39, 0.29) is 18.0 Å². The average molecular weight is 271 g/mol. The minimum absolute atomic E-state index is 0.0400. The van der Waals surface area contributed by atoms with E-state index in [1.54, 1.807) is 24.3 Å². The summed E-state index contributed by atoms with van der Waals surface area (Å²) in [6, 6.07) is 6.63. The van der Waals surface area contributed by atoms with Gasteiger partial charge in [0.2, 0.25) is 0 Å². The highest BCUT2D eigenvalue weighted by molar-refractivity contribution is 5.29. The van der Waals surface area contributed by atoms with Gasteiger partial charge < -0.3 is 14.8 Å². The lowest BCUT2D eigenvalue weighted by Crippen LogP contribution is -2.43. The zero-order valence-electron chi connectivity index (χ0n) is 11.1. The van der Waals surface area contributed by atoms with Crippen molar-refractivity contribution in [2.45, 2.75) is 32.7 Å². The van der Waals surface area contributed by atoms with Crippen LogP contribution < -0.4 is 10.1 Å². The summed E-state index contributed by atoms with van der Waals surface area (Å²) in [4.78, 5) is 0. The molecule has 1 heterocycles. The van der Waals surface area contributed by atoms with Gasteiger partial charge >= 0.3 is 6.61 Å². The van der Waals surface area contributed by atoms with Gasteiger partial charge in [0, 0.05) is 13.1 Å². The molecule has 1 aliphatic rings. The topological polar surface area (TPSA) is 30.5 Å². The second-order valence-electron chi connectivity index (χ2n) is 5.01. The first-order valence-electron chi connectivity index (χ1n) is 6.47. The number of halogens is 2. The lowest BCUT2D eigenvalue weighted by molar-refractivity contribution is -0.0606. The van der Waals surface area contributed by atoms with Gasteiger partial charge in [-0.25, -0.2) is 0 Å². The van der Waals surface area contributed by atoms with Gasteiger partial charge in [0.05, 0.1) is 12.2 Å². The summed E-state index contributed by atoms with van der Waals surface area (Å²) < 4.78 is 34.4. The number of hydrogen-bond acceptors (Lipinski definition) is 3. The van der Waals surface area contributed by atoms with Crippen molar-refractivity contribution in [1.29, 1.82) is 0 Å². The maximum atomic E-state index is 12.1. The molecule has 1 N–H and O–H groups in total. The number of nitrogens with one attached hydrogen (secondary N) is 1. The number of alkyl halides is 2. The average Bonchev–Trinajstić information content (AvgIpc) is 2.39. The summed E-state index contributed by atoms with van der Waals surface area (Å²) in [5.41, 5.74) is 0.972. The Kier molecular flexibility index (Phi) is 4.71. The Morgan fingerprint density at radius 3 is 2.47 bits per heavy atom. The van der Waals surface area contributed by atoms with Crippen molar-refractivity contribution in [3.63, 3.8) is 0 Å². The predicted octanol–water partition coefficient (Wildman–Crippen LogP) is 2.97. The zero-order valence-corrected chi connectivity index (χ0v) is 11.1. The lowest BCUT2D eigenvalue weighted by Gasteiger charge is -2.33. The molecule has 2 atom stereocenters. The van der Waals surface area contributed by atoms with Gasteiger partial charge in [-0.2, -0.15) is 8.78 Å². The molecule has 0 amide bonds. The van der Waals surface area contributed by atoms with Crippen molar-refractivity contribution in [1.82, 2.24) is 5.32 Å². The predicted molar refractivity (Wildman–Crippen MR) is 68.4 cm³/mol. The highest BCUT2D eigenvalue weighted by Crippen LogP contribution is 2.26. The van der Waals surface area contributed by atoms with Crippen molar-refractivity contribution < 1.29 is 18.3 Å². The van der Waals surface area contributed by atoms with Crippen LogP contribution in [-0.2, 0) is 4.74 Å². The summed E-state index contributed by atoms with van der Waals surface area (Å²) >= 11 is 0. The molecule has 0 spiro atoms. The fourth-order valence-corrected chi connectivity index (χ4v) is 2.12.